The Morgan fingerprint density at radius 1 is 1.60 bits per heavy atom. The van der Waals surface area contributed by atoms with Crippen LogP contribution in [0.15, 0.2) is 0 Å². The van der Waals surface area contributed by atoms with Gasteiger partial charge in [0.05, 0.1) is 5.75 Å². The van der Waals surface area contributed by atoms with Crippen LogP contribution in [-0.4, -0.2) is 28.9 Å². The van der Waals surface area contributed by atoms with Gasteiger partial charge in [-0.15, -0.1) is 0 Å². The van der Waals surface area contributed by atoms with Crippen LogP contribution in [-0.2, 0) is 9.59 Å². The van der Waals surface area contributed by atoms with Crippen molar-refractivity contribution < 1.29 is 14.7 Å². The Kier molecular flexibility index (Phi) is 4.11. The van der Waals surface area contributed by atoms with E-state index in [-0.39, 0.29) is 11.5 Å². The Morgan fingerprint density at radius 2 is 2.10 bits per heavy atom. The minimum atomic E-state index is -1.04. The molecule has 0 radical (unpaired) electrons. The Morgan fingerprint density at radius 3 is 2.40 bits per heavy atom. The summed E-state index contributed by atoms with van der Waals surface area (Å²) in [7, 11) is 0. The summed E-state index contributed by atoms with van der Waals surface area (Å²) in [6.07, 6.45) is 1.77. The van der Waals surface area contributed by atoms with Crippen molar-refractivity contribution in [1.82, 2.24) is 0 Å². The summed E-state index contributed by atoms with van der Waals surface area (Å²) in [4.78, 5) is 21.0. The van der Waals surface area contributed by atoms with Crippen LogP contribution >= 0.6 is 11.8 Å². The van der Waals surface area contributed by atoms with Crippen molar-refractivity contribution in [2.24, 2.45) is 5.92 Å². The zero-order valence-electron chi connectivity index (χ0n) is 5.96. The fourth-order valence-electron chi connectivity index (χ4n) is 0.405. The van der Waals surface area contributed by atoms with E-state index in [1.807, 2.05) is 0 Å². The van der Waals surface area contributed by atoms with Gasteiger partial charge in [-0.25, -0.2) is 0 Å². The normalized spacial score (nSPS) is 12.6. The zero-order valence-corrected chi connectivity index (χ0v) is 6.77. The molecule has 0 fully saturated rings. The van der Waals surface area contributed by atoms with E-state index < -0.39 is 11.9 Å². The Hall–Kier alpha value is -0.510. The van der Waals surface area contributed by atoms with Gasteiger partial charge in [0.2, 0.25) is 0 Å². The third-order valence-corrected chi connectivity index (χ3v) is 1.71. The highest BCUT2D eigenvalue weighted by molar-refractivity contribution is 7.99. The van der Waals surface area contributed by atoms with Gasteiger partial charge in [-0.3, -0.25) is 9.59 Å². The van der Waals surface area contributed by atoms with Crippen molar-refractivity contribution in [2.45, 2.75) is 6.92 Å². The molecule has 0 aliphatic rings. The molecule has 0 spiro atoms. The van der Waals surface area contributed by atoms with E-state index in [9.17, 15) is 9.59 Å². The van der Waals surface area contributed by atoms with E-state index in [0.29, 0.717) is 0 Å². The molecule has 0 rings (SSSR count). The molecule has 0 saturated carbocycles. The lowest BCUT2D eigenvalue weighted by molar-refractivity contribution is -0.144. The molecule has 10 heavy (non-hydrogen) atoms. The molecule has 0 aromatic carbocycles. The van der Waals surface area contributed by atoms with Crippen molar-refractivity contribution in [3.8, 4) is 0 Å². The predicted octanol–water partition coefficient (Wildman–Crippen LogP) is 0.639. The lowest BCUT2D eigenvalue weighted by Crippen LogP contribution is -2.21. The molecule has 1 atom stereocenters. The molecule has 0 amide bonds. The second kappa shape index (κ2) is 4.33. The summed E-state index contributed by atoms with van der Waals surface area (Å²) in [6, 6.07) is 0. The molecule has 0 saturated heterocycles. The van der Waals surface area contributed by atoms with Crippen LogP contribution in [0.3, 0.4) is 0 Å². The minimum absolute atomic E-state index is 0.222. The highest BCUT2D eigenvalue weighted by atomic mass is 32.2. The standard InChI is InChI=1S/C6H10O3S/c1-4(6(8)9)5(7)3-10-2/h4H,3H2,1-2H3,(H,8,9). The largest absolute Gasteiger partial charge is 0.481 e. The number of hydrogen-bond donors (Lipinski definition) is 1. The van der Waals surface area contributed by atoms with Crippen molar-refractivity contribution in [1.29, 1.82) is 0 Å². The molecule has 0 aromatic heterocycles. The summed E-state index contributed by atoms with van der Waals surface area (Å²) in [5.41, 5.74) is 0. The number of aliphatic carboxylic acids is 1. The molecular weight excluding hydrogens is 152 g/mol. The highest BCUT2D eigenvalue weighted by Gasteiger charge is 2.18. The van der Waals surface area contributed by atoms with Gasteiger partial charge in [-0.05, 0) is 13.2 Å². The molecule has 0 aliphatic heterocycles. The van der Waals surface area contributed by atoms with Crippen LogP contribution in [0.5, 0.6) is 0 Å². The van der Waals surface area contributed by atoms with E-state index in [1.165, 1.54) is 18.7 Å². The lowest BCUT2D eigenvalue weighted by Gasteiger charge is -2.01. The molecule has 4 heteroatoms. The summed E-state index contributed by atoms with van der Waals surface area (Å²) >= 11 is 1.34. The number of carboxylic acids is 1. The minimum Gasteiger partial charge on any atom is -0.481 e. The first-order valence-corrected chi connectivity index (χ1v) is 4.23. The third kappa shape index (κ3) is 2.87. The topological polar surface area (TPSA) is 54.4 Å². The number of carbonyl (C=O) groups excluding carboxylic acids is 1. The van der Waals surface area contributed by atoms with Crippen LogP contribution < -0.4 is 0 Å². The van der Waals surface area contributed by atoms with Gasteiger partial charge in [0.15, 0.2) is 5.78 Å². The monoisotopic (exact) mass is 162 g/mol. The van der Waals surface area contributed by atoms with Gasteiger partial charge in [-0.1, -0.05) is 0 Å². The van der Waals surface area contributed by atoms with Crippen LogP contribution in [0.1, 0.15) is 6.92 Å². The average molecular weight is 162 g/mol. The number of Topliss-reactive ketones (excluding diaryl/α,β-unsaturated/α-hetero) is 1. The third-order valence-electron chi connectivity index (χ3n) is 1.14. The molecule has 1 N–H and O–H groups in total. The van der Waals surface area contributed by atoms with Crippen molar-refractivity contribution in [2.75, 3.05) is 12.0 Å². The maximum absolute atomic E-state index is 10.8. The van der Waals surface area contributed by atoms with E-state index >= 15 is 0 Å². The molecule has 0 aromatic rings. The summed E-state index contributed by atoms with van der Waals surface area (Å²) in [5.74, 6) is -1.83. The number of rotatable bonds is 4. The Balaban J connectivity index is 3.82. The Bertz CT molecular complexity index is 144. The number of carbonyl (C=O) groups is 2. The van der Waals surface area contributed by atoms with E-state index in [1.54, 1.807) is 6.26 Å². The molecule has 0 bridgehead atoms. The van der Waals surface area contributed by atoms with Gasteiger partial charge in [-0.2, -0.15) is 11.8 Å². The van der Waals surface area contributed by atoms with Crippen LogP contribution in [0, 0.1) is 5.92 Å². The molecule has 0 aliphatic carbocycles. The summed E-state index contributed by atoms with van der Waals surface area (Å²) < 4.78 is 0. The molecule has 1 unspecified atom stereocenters. The van der Waals surface area contributed by atoms with Crippen molar-refractivity contribution in [3.05, 3.63) is 0 Å². The van der Waals surface area contributed by atoms with E-state index in [2.05, 4.69) is 0 Å². The van der Waals surface area contributed by atoms with Crippen LogP contribution in [0.25, 0.3) is 0 Å². The van der Waals surface area contributed by atoms with Gasteiger partial charge < -0.3 is 5.11 Å². The number of carboxylic acid groups (broad SMARTS) is 1. The number of hydrogen-bond acceptors (Lipinski definition) is 3. The summed E-state index contributed by atoms with van der Waals surface area (Å²) in [5, 5.41) is 8.35. The second-order valence-electron chi connectivity index (χ2n) is 1.96. The maximum atomic E-state index is 10.8. The maximum Gasteiger partial charge on any atom is 0.313 e. The molecule has 0 heterocycles. The lowest BCUT2D eigenvalue weighted by atomic mass is 10.1. The van der Waals surface area contributed by atoms with E-state index in [0.717, 1.165) is 0 Å². The molecular formula is C6H10O3S. The first-order valence-electron chi connectivity index (χ1n) is 2.84. The van der Waals surface area contributed by atoms with E-state index in [4.69, 9.17) is 5.11 Å². The number of thioether (sulfide) groups is 1. The van der Waals surface area contributed by atoms with Gasteiger partial charge >= 0.3 is 5.97 Å². The van der Waals surface area contributed by atoms with Crippen LogP contribution in [0.4, 0.5) is 0 Å². The SMILES string of the molecule is CSCC(=O)C(C)C(=O)O. The van der Waals surface area contributed by atoms with Gasteiger partial charge in [0, 0.05) is 0 Å². The van der Waals surface area contributed by atoms with Gasteiger partial charge in [0.25, 0.3) is 0 Å². The smallest absolute Gasteiger partial charge is 0.313 e. The Labute approximate surface area is 63.8 Å². The number of ketones is 1. The fraction of sp³-hybridized carbons (Fsp3) is 0.667. The van der Waals surface area contributed by atoms with Crippen molar-refractivity contribution >= 4 is 23.5 Å². The first-order chi connectivity index (χ1) is 4.59. The fourth-order valence-corrected chi connectivity index (χ4v) is 0.939. The summed E-state index contributed by atoms with van der Waals surface area (Å²) in [6.45, 7) is 1.40. The molecule has 3 nitrogen and oxygen atoms in total. The van der Waals surface area contributed by atoms with Gasteiger partial charge in [0.1, 0.15) is 5.92 Å². The predicted molar refractivity (Wildman–Crippen MR) is 40.2 cm³/mol. The van der Waals surface area contributed by atoms with Crippen LogP contribution in [0.2, 0.25) is 0 Å². The zero-order chi connectivity index (χ0) is 8.15. The van der Waals surface area contributed by atoms with Crippen molar-refractivity contribution in [3.63, 3.8) is 0 Å². The second-order valence-corrected chi connectivity index (χ2v) is 2.83. The quantitative estimate of drug-likeness (QED) is 0.616. The average Bonchev–Trinajstić information content (AvgIpc) is 1.87. The molecule has 58 valence electrons. The first kappa shape index (κ1) is 9.49. The highest BCUT2D eigenvalue weighted by Crippen LogP contribution is 2.02.